The van der Waals surface area contributed by atoms with Gasteiger partial charge in [0.25, 0.3) is 5.91 Å². The maximum atomic E-state index is 13.3. The number of hydrogen-bond donors (Lipinski definition) is 1. The first-order valence-electron chi connectivity index (χ1n) is 8.85. The molecule has 2 aromatic rings. The number of carbonyl (C=O) groups excluding carboxylic acids is 1. The molecular formula is C19H19Cl2FN2O3S. The molecule has 0 bridgehead atoms. The fraction of sp³-hybridized carbons (Fsp3) is 0.316. The first-order chi connectivity index (χ1) is 13.3. The second-order valence-electron chi connectivity index (χ2n) is 6.54. The topological polar surface area (TPSA) is 66.5 Å². The van der Waals surface area contributed by atoms with E-state index in [9.17, 15) is 17.6 Å². The Kier molecular flexibility index (Phi) is 6.60. The summed E-state index contributed by atoms with van der Waals surface area (Å²) in [5.74, 6) is -1.22. The molecule has 0 spiro atoms. The number of nitrogens with zero attached hydrogens (tertiary/aromatic N) is 1. The summed E-state index contributed by atoms with van der Waals surface area (Å²) in [4.78, 5) is 12.6. The van der Waals surface area contributed by atoms with E-state index in [0.29, 0.717) is 13.1 Å². The predicted molar refractivity (Wildman–Crippen MR) is 108 cm³/mol. The van der Waals surface area contributed by atoms with Crippen molar-refractivity contribution in [3.05, 3.63) is 57.8 Å². The van der Waals surface area contributed by atoms with Gasteiger partial charge in [0.15, 0.2) is 0 Å². The van der Waals surface area contributed by atoms with Crippen LogP contribution in [0.3, 0.4) is 0 Å². The molecule has 1 N–H and O–H groups in total. The highest BCUT2D eigenvalue weighted by Gasteiger charge is 2.26. The van der Waals surface area contributed by atoms with E-state index >= 15 is 0 Å². The predicted octanol–water partition coefficient (Wildman–Crippen LogP) is 4.95. The third-order valence-corrected chi connectivity index (χ3v) is 7.08. The van der Waals surface area contributed by atoms with Crippen molar-refractivity contribution in [1.82, 2.24) is 4.31 Å². The molecule has 9 heteroatoms. The van der Waals surface area contributed by atoms with E-state index in [1.807, 2.05) is 0 Å². The number of benzene rings is 2. The number of carbonyl (C=O) groups is 1. The van der Waals surface area contributed by atoms with Gasteiger partial charge in [-0.2, -0.15) is 4.31 Å². The summed E-state index contributed by atoms with van der Waals surface area (Å²) in [6.07, 6.45) is 3.62. The summed E-state index contributed by atoms with van der Waals surface area (Å²) in [5, 5.41) is 2.53. The highest BCUT2D eigenvalue weighted by Crippen LogP contribution is 2.26. The van der Waals surface area contributed by atoms with E-state index in [-0.39, 0.29) is 26.2 Å². The standard InChI is InChI=1S/C19H19Cl2FN2O3S/c20-16-7-6-14(28(26,27)24-9-3-1-2-4-10-24)12-15(16)19(25)23-13-5-8-18(22)17(21)11-13/h5-8,11-12H,1-4,9-10H2,(H,23,25). The first kappa shape index (κ1) is 21.0. The van der Waals surface area contributed by atoms with Gasteiger partial charge >= 0.3 is 0 Å². The number of nitrogens with one attached hydrogen (secondary N) is 1. The van der Waals surface area contributed by atoms with Crippen LogP contribution in [-0.4, -0.2) is 31.7 Å². The first-order valence-corrected chi connectivity index (χ1v) is 11.0. The van der Waals surface area contributed by atoms with E-state index in [4.69, 9.17) is 23.2 Å². The van der Waals surface area contributed by atoms with Gasteiger partial charge in [-0.25, -0.2) is 12.8 Å². The summed E-state index contributed by atoms with van der Waals surface area (Å²) in [6.45, 7) is 0.918. The molecule has 0 saturated carbocycles. The van der Waals surface area contributed by atoms with Crippen LogP contribution in [0.1, 0.15) is 36.0 Å². The number of halogens is 3. The summed E-state index contributed by atoms with van der Waals surface area (Å²) < 4.78 is 40.6. The Labute approximate surface area is 173 Å². The Morgan fingerprint density at radius 3 is 2.29 bits per heavy atom. The zero-order valence-corrected chi connectivity index (χ0v) is 17.2. The number of amides is 1. The summed E-state index contributed by atoms with van der Waals surface area (Å²) >= 11 is 11.8. The SMILES string of the molecule is O=C(Nc1ccc(F)c(Cl)c1)c1cc(S(=O)(=O)N2CCCCCC2)ccc1Cl. The molecule has 0 unspecified atom stereocenters. The Bertz CT molecular complexity index is 991. The molecule has 3 rings (SSSR count). The monoisotopic (exact) mass is 444 g/mol. The fourth-order valence-electron chi connectivity index (χ4n) is 3.04. The van der Waals surface area contributed by atoms with Gasteiger partial charge < -0.3 is 5.32 Å². The molecule has 1 heterocycles. The second kappa shape index (κ2) is 8.78. The van der Waals surface area contributed by atoms with E-state index in [1.165, 1.54) is 34.6 Å². The molecular weight excluding hydrogens is 426 g/mol. The van der Waals surface area contributed by atoms with E-state index in [0.717, 1.165) is 31.7 Å². The van der Waals surface area contributed by atoms with Crippen LogP contribution in [0, 0.1) is 5.82 Å². The third kappa shape index (κ3) is 4.66. The maximum Gasteiger partial charge on any atom is 0.257 e. The molecule has 0 aliphatic carbocycles. The smallest absolute Gasteiger partial charge is 0.257 e. The lowest BCUT2D eigenvalue weighted by Crippen LogP contribution is -2.32. The summed E-state index contributed by atoms with van der Waals surface area (Å²) in [6, 6.07) is 7.79. The number of sulfonamides is 1. The fourth-order valence-corrected chi connectivity index (χ4v) is 4.97. The minimum Gasteiger partial charge on any atom is -0.322 e. The van der Waals surface area contributed by atoms with Crippen LogP contribution in [0.25, 0.3) is 0 Å². The molecule has 1 fully saturated rings. The number of hydrogen-bond acceptors (Lipinski definition) is 3. The average molecular weight is 445 g/mol. The van der Waals surface area contributed by atoms with Crippen molar-refractivity contribution in [2.24, 2.45) is 0 Å². The Morgan fingerprint density at radius 2 is 1.64 bits per heavy atom. The quantitative estimate of drug-likeness (QED) is 0.725. The average Bonchev–Trinajstić information content (AvgIpc) is 2.95. The lowest BCUT2D eigenvalue weighted by molar-refractivity contribution is 0.102. The summed E-state index contributed by atoms with van der Waals surface area (Å²) in [5.41, 5.74) is 0.284. The number of rotatable bonds is 4. The van der Waals surface area contributed by atoms with Crippen molar-refractivity contribution < 1.29 is 17.6 Å². The molecule has 5 nitrogen and oxygen atoms in total. The van der Waals surface area contributed by atoms with E-state index < -0.39 is 21.7 Å². The van der Waals surface area contributed by atoms with Crippen LogP contribution in [0.5, 0.6) is 0 Å². The number of anilines is 1. The zero-order valence-electron chi connectivity index (χ0n) is 14.9. The van der Waals surface area contributed by atoms with Crippen LogP contribution < -0.4 is 5.32 Å². The van der Waals surface area contributed by atoms with Crippen LogP contribution in [-0.2, 0) is 10.0 Å². The van der Waals surface area contributed by atoms with Crippen LogP contribution in [0.2, 0.25) is 10.0 Å². The van der Waals surface area contributed by atoms with Crippen molar-refractivity contribution in [1.29, 1.82) is 0 Å². The van der Waals surface area contributed by atoms with Crippen LogP contribution >= 0.6 is 23.2 Å². The van der Waals surface area contributed by atoms with Crippen molar-refractivity contribution >= 4 is 44.8 Å². The lowest BCUT2D eigenvalue weighted by atomic mass is 10.2. The van der Waals surface area contributed by atoms with Gasteiger partial charge in [0.05, 0.1) is 20.5 Å². The molecule has 1 aliphatic heterocycles. The van der Waals surface area contributed by atoms with Crippen molar-refractivity contribution in [3.63, 3.8) is 0 Å². The summed E-state index contributed by atoms with van der Waals surface area (Å²) in [7, 11) is -3.72. The van der Waals surface area contributed by atoms with Crippen molar-refractivity contribution in [2.45, 2.75) is 30.6 Å². The maximum absolute atomic E-state index is 13.3. The minimum atomic E-state index is -3.72. The highest BCUT2D eigenvalue weighted by molar-refractivity contribution is 7.89. The van der Waals surface area contributed by atoms with E-state index in [2.05, 4.69) is 5.32 Å². The van der Waals surface area contributed by atoms with Gasteiger partial charge in [0, 0.05) is 18.8 Å². The van der Waals surface area contributed by atoms with E-state index in [1.54, 1.807) is 0 Å². The highest BCUT2D eigenvalue weighted by atomic mass is 35.5. The zero-order chi connectivity index (χ0) is 20.3. The van der Waals surface area contributed by atoms with Crippen LogP contribution in [0.4, 0.5) is 10.1 Å². The minimum absolute atomic E-state index is 0.0120. The molecule has 150 valence electrons. The largest absolute Gasteiger partial charge is 0.322 e. The van der Waals surface area contributed by atoms with Gasteiger partial charge in [-0.05, 0) is 49.2 Å². The molecule has 1 saturated heterocycles. The molecule has 1 amide bonds. The molecule has 0 aromatic heterocycles. The molecule has 0 radical (unpaired) electrons. The van der Waals surface area contributed by atoms with Gasteiger partial charge in [0.2, 0.25) is 10.0 Å². The lowest BCUT2D eigenvalue weighted by Gasteiger charge is -2.20. The second-order valence-corrected chi connectivity index (χ2v) is 9.30. The van der Waals surface area contributed by atoms with Crippen molar-refractivity contribution in [3.8, 4) is 0 Å². The molecule has 1 aliphatic rings. The Morgan fingerprint density at radius 1 is 0.964 bits per heavy atom. The molecule has 2 aromatic carbocycles. The van der Waals surface area contributed by atoms with Gasteiger partial charge in [-0.1, -0.05) is 36.0 Å². The van der Waals surface area contributed by atoms with Crippen molar-refractivity contribution in [2.75, 3.05) is 18.4 Å². The Balaban J connectivity index is 1.88. The van der Waals surface area contributed by atoms with Gasteiger partial charge in [-0.15, -0.1) is 0 Å². The normalized spacial score (nSPS) is 15.8. The third-order valence-electron chi connectivity index (χ3n) is 4.56. The Hall–Kier alpha value is -1.67. The molecule has 0 atom stereocenters. The molecule has 28 heavy (non-hydrogen) atoms. The van der Waals surface area contributed by atoms with Gasteiger partial charge in [0.1, 0.15) is 5.82 Å². The van der Waals surface area contributed by atoms with Gasteiger partial charge in [-0.3, -0.25) is 4.79 Å². The van der Waals surface area contributed by atoms with Crippen LogP contribution in [0.15, 0.2) is 41.3 Å².